The van der Waals surface area contributed by atoms with Crippen molar-refractivity contribution in [2.45, 2.75) is 6.04 Å². The van der Waals surface area contributed by atoms with Crippen molar-refractivity contribution in [1.82, 2.24) is 15.2 Å². The highest BCUT2D eigenvalue weighted by atomic mass is 32.1. The summed E-state index contributed by atoms with van der Waals surface area (Å²) in [6, 6.07) is 8.41. The number of rotatable bonds is 6. The average Bonchev–Trinajstić information content (AvgIpc) is 3.43. The Kier molecular flexibility index (Phi) is 5.76. The Labute approximate surface area is 164 Å². The first kappa shape index (κ1) is 17.8. The molecule has 1 N–H and O–H groups in total. The van der Waals surface area contributed by atoms with Gasteiger partial charge in [-0.05, 0) is 22.9 Å². The lowest BCUT2D eigenvalue weighted by atomic mass is 10.2. The molecular weight excluding hydrogens is 386 g/mol. The Morgan fingerprint density at radius 1 is 1.23 bits per heavy atom. The van der Waals surface area contributed by atoms with Gasteiger partial charge in [-0.3, -0.25) is 9.69 Å². The lowest BCUT2D eigenvalue weighted by Crippen LogP contribution is -2.43. The van der Waals surface area contributed by atoms with Crippen LogP contribution in [0.2, 0.25) is 0 Å². The fourth-order valence-electron chi connectivity index (χ4n) is 2.95. The van der Waals surface area contributed by atoms with Crippen molar-refractivity contribution in [3.8, 4) is 9.88 Å². The zero-order chi connectivity index (χ0) is 17.8. The van der Waals surface area contributed by atoms with Gasteiger partial charge in [0.25, 0.3) is 5.91 Å². The minimum atomic E-state index is -0.0554. The van der Waals surface area contributed by atoms with E-state index < -0.39 is 0 Å². The van der Waals surface area contributed by atoms with E-state index in [4.69, 9.17) is 4.74 Å². The Morgan fingerprint density at radius 2 is 2.04 bits per heavy atom. The van der Waals surface area contributed by atoms with Crippen molar-refractivity contribution < 1.29 is 9.53 Å². The first-order valence-electron chi connectivity index (χ1n) is 8.44. The molecule has 0 aromatic carbocycles. The van der Waals surface area contributed by atoms with Crippen LogP contribution in [-0.2, 0) is 4.74 Å². The maximum atomic E-state index is 12.6. The molecule has 8 heteroatoms. The molecule has 0 aliphatic carbocycles. The SMILES string of the molecule is O=C(NCC(c1cccs1)N1CCOCC1)c1cnc(-c2cccs2)s1. The van der Waals surface area contributed by atoms with Crippen LogP contribution in [0.3, 0.4) is 0 Å². The van der Waals surface area contributed by atoms with Crippen molar-refractivity contribution in [3.63, 3.8) is 0 Å². The molecule has 1 saturated heterocycles. The van der Waals surface area contributed by atoms with Crippen LogP contribution in [-0.4, -0.2) is 48.6 Å². The number of carbonyl (C=O) groups is 1. The van der Waals surface area contributed by atoms with Gasteiger partial charge in [0.15, 0.2) is 0 Å². The van der Waals surface area contributed by atoms with Crippen molar-refractivity contribution in [2.75, 3.05) is 32.8 Å². The summed E-state index contributed by atoms with van der Waals surface area (Å²) in [7, 11) is 0. The predicted molar refractivity (Wildman–Crippen MR) is 107 cm³/mol. The molecule has 4 rings (SSSR count). The standard InChI is InChI=1S/C18H19N3O2S3/c22-17(16-12-20-18(26-16)15-4-2-10-25-15)19-11-13(14-3-1-9-24-14)21-5-7-23-8-6-21/h1-4,9-10,12-13H,5-8,11H2,(H,19,22). The Morgan fingerprint density at radius 3 is 2.77 bits per heavy atom. The summed E-state index contributed by atoms with van der Waals surface area (Å²) in [4.78, 5) is 22.4. The van der Waals surface area contributed by atoms with Gasteiger partial charge in [-0.2, -0.15) is 0 Å². The maximum absolute atomic E-state index is 12.6. The van der Waals surface area contributed by atoms with E-state index in [0.717, 1.165) is 36.2 Å². The second-order valence-electron chi connectivity index (χ2n) is 5.90. The second-order valence-corrected chi connectivity index (χ2v) is 8.85. The van der Waals surface area contributed by atoms with Gasteiger partial charge in [0.1, 0.15) is 9.88 Å². The molecule has 4 heterocycles. The molecule has 26 heavy (non-hydrogen) atoms. The summed E-state index contributed by atoms with van der Waals surface area (Å²) in [5.41, 5.74) is 0. The van der Waals surface area contributed by atoms with Gasteiger partial charge in [-0.1, -0.05) is 12.1 Å². The molecule has 1 aliphatic heterocycles. The van der Waals surface area contributed by atoms with E-state index in [1.165, 1.54) is 16.2 Å². The topological polar surface area (TPSA) is 54.5 Å². The molecule has 1 unspecified atom stereocenters. The highest BCUT2D eigenvalue weighted by Crippen LogP contribution is 2.29. The molecule has 1 atom stereocenters. The quantitative estimate of drug-likeness (QED) is 0.679. The number of ether oxygens (including phenoxy) is 1. The van der Waals surface area contributed by atoms with Crippen LogP contribution in [0.5, 0.6) is 0 Å². The molecule has 3 aromatic rings. The molecule has 1 fully saturated rings. The van der Waals surface area contributed by atoms with E-state index in [2.05, 4.69) is 32.7 Å². The highest BCUT2D eigenvalue weighted by molar-refractivity contribution is 7.22. The summed E-state index contributed by atoms with van der Waals surface area (Å²) in [5.74, 6) is -0.0554. The van der Waals surface area contributed by atoms with Gasteiger partial charge in [0, 0.05) is 24.5 Å². The first-order chi connectivity index (χ1) is 12.8. The number of nitrogens with zero attached hydrogens (tertiary/aromatic N) is 2. The number of hydrogen-bond donors (Lipinski definition) is 1. The maximum Gasteiger partial charge on any atom is 0.263 e. The molecule has 1 amide bonds. The number of aromatic nitrogens is 1. The third-order valence-corrected chi connectivity index (χ3v) is 7.28. The highest BCUT2D eigenvalue weighted by Gasteiger charge is 2.24. The number of thiazole rings is 1. The third-order valence-electron chi connectivity index (χ3n) is 4.28. The van der Waals surface area contributed by atoms with E-state index in [0.29, 0.717) is 11.4 Å². The summed E-state index contributed by atoms with van der Waals surface area (Å²) < 4.78 is 5.47. The molecule has 0 spiro atoms. The zero-order valence-corrected chi connectivity index (χ0v) is 16.5. The fourth-order valence-corrected chi connectivity index (χ4v) is 5.45. The first-order valence-corrected chi connectivity index (χ1v) is 11.0. The van der Waals surface area contributed by atoms with Crippen LogP contribution in [0.4, 0.5) is 0 Å². The smallest absolute Gasteiger partial charge is 0.263 e. The number of nitrogens with one attached hydrogen (secondary N) is 1. The number of thiophene rings is 2. The summed E-state index contributed by atoms with van der Waals surface area (Å²) in [5, 5.41) is 8.10. The predicted octanol–water partition coefficient (Wildman–Crippen LogP) is 3.74. The van der Waals surface area contributed by atoms with E-state index >= 15 is 0 Å². The molecule has 0 radical (unpaired) electrons. The van der Waals surface area contributed by atoms with Crippen LogP contribution in [0.1, 0.15) is 20.6 Å². The van der Waals surface area contributed by atoms with Crippen molar-refractivity contribution in [2.24, 2.45) is 0 Å². The molecule has 0 saturated carbocycles. The lowest BCUT2D eigenvalue weighted by molar-refractivity contribution is 0.0169. The van der Waals surface area contributed by atoms with E-state index in [-0.39, 0.29) is 11.9 Å². The van der Waals surface area contributed by atoms with Crippen LogP contribution < -0.4 is 5.32 Å². The van der Waals surface area contributed by atoms with Gasteiger partial charge in [0.2, 0.25) is 0 Å². The fraction of sp³-hybridized carbons (Fsp3) is 0.333. The monoisotopic (exact) mass is 405 g/mol. The normalized spacial score (nSPS) is 16.5. The van der Waals surface area contributed by atoms with Crippen LogP contribution in [0, 0.1) is 0 Å². The Bertz CT molecular complexity index is 824. The van der Waals surface area contributed by atoms with Crippen LogP contribution in [0.15, 0.2) is 41.2 Å². The molecule has 0 bridgehead atoms. The summed E-state index contributed by atoms with van der Waals surface area (Å²) in [6.07, 6.45) is 1.67. The van der Waals surface area contributed by atoms with Gasteiger partial charge >= 0.3 is 0 Å². The number of hydrogen-bond acceptors (Lipinski definition) is 7. The average molecular weight is 406 g/mol. The lowest BCUT2D eigenvalue weighted by Gasteiger charge is -2.34. The number of amides is 1. The van der Waals surface area contributed by atoms with Crippen molar-refractivity contribution in [3.05, 3.63) is 51.0 Å². The van der Waals surface area contributed by atoms with E-state index in [9.17, 15) is 4.79 Å². The second kappa shape index (κ2) is 8.41. The van der Waals surface area contributed by atoms with Crippen molar-refractivity contribution >= 4 is 39.9 Å². The van der Waals surface area contributed by atoms with Gasteiger partial charge < -0.3 is 10.1 Å². The number of morpholine rings is 1. The van der Waals surface area contributed by atoms with Gasteiger partial charge in [0.05, 0.1) is 30.3 Å². The van der Waals surface area contributed by atoms with Gasteiger partial charge in [-0.25, -0.2) is 4.98 Å². The molecule has 3 aromatic heterocycles. The summed E-state index contributed by atoms with van der Waals surface area (Å²) in [6.45, 7) is 3.86. The summed E-state index contributed by atoms with van der Waals surface area (Å²) >= 11 is 4.81. The van der Waals surface area contributed by atoms with Crippen molar-refractivity contribution in [1.29, 1.82) is 0 Å². The van der Waals surface area contributed by atoms with Crippen LogP contribution >= 0.6 is 34.0 Å². The number of carbonyl (C=O) groups excluding carboxylic acids is 1. The van der Waals surface area contributed by atoms with Gasteiger partial charge in [-0.15, -0.1) is 34.0 Å². The zero-order valence-electron chi connectivity index (χ0n) is 14.1. The third kappa shape index (κ3) is 4.05. The van der Waals surface area contributed by atoms with E-state index in [1.54, 1.807) is 28.9 Å². The molecular formula is C18H19N3O2S3. The molecule has 1 aliphatic rings. The minimum absolute atomic E-state index is 0.0554. The van der Waals surface area contributed by atoms with Crippen LogP contribution in [0.25, 0.3) is 9.88 Å². The Hall–Kier alpha value is -1.58. The minimum Gasteiger partial charge on any atom is -0.379 e. The molecule has 136 valence electrons. The Balaban J connectivity index is 1.43. The largest absolute Gasteiger partial charge is 0.379 e. The van der Waals surface area contributed by atoms with E-state index in [1.807, 2.05) is 17.5 Å². The molecule has 5 nitrogen and oxygen atoms in total.